The third-order valence-corrected chi connectivity index (χ3v) is 3.91. The Morgan fingerprint density at radius 3 is 2.61 bits per heavy atom. The fraction of sp³-hybridized carbons (Fsp3) is 0.238. The van der Waals surface area contributed by atoms with Crippen molar-refractivity contribution in [2.75, 3.05) is 20.3 Å². The Hall–Kier alpha value is -2.99. The number of nitrogens with one attached hydrogen (secondary N) is 1. The number of halogens is 1. The zero-order chi connectivity index (χ0) is 20.4. The maximum absolute atomic E-state index is 11.8. The molecule has 0 heterocycles. The summed E-state index contributed by atoms with van der Waals surface area (Å²) in [7, 11) is 1.50. The lowest BCUT2D eigenvalue weighted by molar-refractivity contribution is -0.143. The third-order valence-electron chi connectivity index (χ3n) is 3.63. The Balaban J connectivity index is 1.86. The molecule has 2 aromatic rings. The molecule has 0 aliphatic heterocycles. The molecule has 0 saturated heterocycles. The standard InChI is InChI=1S/C21H22ClNO5/c1-3-27-18-12-16(11-17(22)21(18)26-2)9-10-20(25)28-14-19(24)23-13-15-7-5-4-6-8-15/h4-12H,3,13-14H2,1-2H3,(H,23,24). The first-order chi connectivity index (χ1) is 13.5. The summed E-state index contributed by atoms with van der Waals surface area (Å²) >= 11 is 6.17. The normalized spacial score (nSPS) is 10.5. The predicted octanol–water partition coefficient (Wildman–Crippen LogP) is 3.62. The largest absolute Gasteiger partial charge is 0.491 e. The van der Waals surface area contributed by atoms with Gasteiger partial charge in [-0.25, -0.2) is 4.79 Å². The quantitative estimate of drug-likeness (QED) is 0.511. The van der Waals surface area contributed by atoms with Crippen molar-refractivity contribution in [1.29, 1.82) is 0 Å². The molecule has 0 aliphatic carbocycles. The van der Waals surface area contributed by atoms with Crippen LogP contribution in [0.2, 0.25) is 5.02 Å². The number of carbonyl (C=O) groups is 2. The molecular formula is C21H22ClNO5. The van der Waals surface area contributed by atoms with Crippen molar-refractivity contribution in [1.82, 2.24) is 5.32 Å². The lowest BCUT2D eigenvalue weighted by Gasteiger charge is -2.11. The molecule has 0 aromatic heterocycles. The van der Waals surface area contributed by atoms with E-state index in [9.17, 15) is 9.59 Å². The Labute approximate surface area is 169 Å². The molecule has 0 fully saturated rings. The van der Waals surface area contributed by atoms with E-state index in [4.69, 9.17) is 25.8 Å². The molecule has 0 spiro atoms. The minimum Gasteiger partial charge on any atom is -0.491 e. The van der Waals surface area contributed by atoms with Crippen LogP contribution in [0.25, 0.3) is 6.08 Å². The van der Waals surface area contributed by atoms with E-state index in [2.05, 4.69) is 5.32 Å². The van der Waals surface area contributed by atoms with Crippen LogP contribution in [0.1, 0.15) is 18.1 Å². The van der Waals surface area contributed by atoms with Crippen molar-refractivity contribution in [3.05, 3.63) is 64.7 Å². The van der Waals surface area contributed by atoms with Crippen LogP contribution in [0.15, 0.2) is 48.5 Å². The zero-order valence-electron chi connectivity index (χ0n) is 15.7. The summed E-state index contributed by atoms with van der Waals surface area (Å²) in [6.07, 6.45) is 2.75. The van der Waals surface area contributed by atoms with Gasteiger partial charge < -0.3 is 19.5 Å². The second kappa shape index (κ2) is 11.0. The van der Waals surface area contributed by atoms with E-state index in [-0.39, 0.29) is 12.5 Å². The van der Waals surface area contributed by atoms with E-state index in [1.165, 1.54) is 19.3 Å². The van der Waals surface area contributed by atoms with Gasteiger partial charge in [-0.05, 0) is 36.3 Å². The molecule has 0 unspecified atom stereocenters. The van der Waals surface area contributed by atoms with Crippen LogP contribution in [-0.4, -0.2) is 32.2 Å². The molecular weight excluding hydrogens is 382 g/mol. The lowest BCUT2D eigenvalue weighted by atomic mass is 10.2. The van der Waals surface area contributed by atoms with Crippen LogP contribution < -0.4 is 14.8 Å². The average molecular weight is 404 g/mol. The van der Waals surface area contributed by atoms with Gasteiger partial charge in [0, 0.05) is 12.6 Å². The Bertz CT molecular complexity index is 836. The van der Waals surface area contributed by atoms with Gasteiger partial charge in [-0.2, -0.15) is 0 Å². The predicted molar refractivity (Wildman–Crippen MR) is 107 cm³/mol. The van der Waals surface area contributed by atoms with Crippen LogP contribution in [0.5, 0.6) is 11.5 Å². The SMILES string of the molecule is CCOc1cc(C=CC(=O)OCC(=O)NCc2ccccc2)cc(Cl)c1OC. The van der Waals surface area contributed by atoms with E-state index in [1.54, 1.807) is 12.1 Å². The summed E-state index contributed by atoms with van der Waals surface area (Å²) in [5.74, 6) is -0.111. The van der Waals surface area contributed by atoms with Crippen LogP contribution >= 0.6 is 11.6 Å². The molecule has 2 aromatic carbocycles. The number of esters is 1. The highest BCUT2D eigenvalue weighted by molar-refractivity contribution is 6.32. The molecule has 6 nitrogen and oxygen atoms in total. The van der Waals surface area contributed by atoms with Crippen molar-refractivity contribution in [3.8, 4) is 11.5 Å². The number of benzene rings is 2. The molecule has 0 bridgehead atoms. The number of hydrogen-bond acceptors (Lipinski definition) is 5. The maximum atomic E-state index is 11.8. The second-order valence-corrected chi connectivity index (χ2v) is 6.08. The van der Waals surface area contributed by atoms with Gasteiger partial charge in [0.25, 0.3) is 5.91 Å². The molecule has 148 valence electrons. The Kier molecular flexibility index (Phi) is 8.37. The maximum Gasteiger partial charge on any atom is 0.331 e. The third kappa shape index (κ3) is 6.63. The highest BCUT2D eigenvalue weighted by atomic mass is 35.5. The lowest BCUT2D eigenvalue weighted by Crippen LogP contribution is -2.28. The van der Waals surface area contributed by atoms with Gasteiger partial charge in [-0.3, -0.25) is 4.79 Å². The summed E-state index contributed by atoms with van der Waals surface area (Å²) in [6, 6.07) is 12.8. The average Bonchev–Trinajstić information content (AvgIpc) is 2.70. The topological polar surface area (TPSA) is 73.9 Å². The van der Waals surface area contributed by atoms with Crippen molar-refractivity contribution in [2.45, 2.75) is 13.5 Å². The first-order valence-electron chi connectivity index (χ1n) is 8.69. The minimum absolute atomic E-state index is 0.358. The highest BCUT2D eigenvalue weighted by Crippen LogP contribution is 2.36. The first-order valence-corrected chi connectivity index (χ1v) is 9.07. The summed E-state index contributed by atoms with van der Waals surface area (Å²) < 4.78 is 15.6. The number of carbonyl (C=O) groups excluding carboxylic acids is 2. The highest BCUT2D eigenvalue weighted by Gasteiger charge is 2.11. The van der Waals surface area contributed by atoms with Crippen LogP contribution in [0.3, 0.4) is 0 Å². The number of amides is 1. The zero-order valence-corrected chi connectivity index (χ0v) is 16.5. The van der Waals surface area contributed by atoms with Crippen molar-refractivity contribution in [2.24, 2.45) is 0 Å². The molecule has 0 aliphatic rings. The number of hydrogen-bond donors (Lipinski definition) is 1. The van der Waals surface area contributed by atoms with Gasteiger partial charge in [-0.1, -0.05) is 41.9 Å². The van der Waals surface area contributed by atoms with Crippen LogP contribution in [0.4, 0.5) is 0 Å². The van der Waals surface area contributed by atoms with E-state index in [0.29, 0.717) is 35.2 Å². The first kappa shape index (κ1) is 21.3. The van der Waals surface area contributed by atoms with E-state index in [0.717, 1.165) is 5.56 Å². The van der Waals surface area contributed by atoms with Crippen LogP contribution in [0, 0.1) is 0 Å². The monoisotopic (exact) mass is 403 g/mol. The number of ether oxygens (including phenoxy) is 3. The van der Waals surface area contributed by atoms with Crippen molar-refractivity contribution >= 4 is 29.6 Å². The van der Waals surface area contributed by atoms with Crippen molar-refractivity contribution < 1.29 is 23.8 Å². The molecule has 0 radical (unpaired) electrons. The number of rotatable bonds is 9. The van der Waals surface area contributed by atoms with Gasteiger partial charge >= 0.3 is 5.97 Å². The molecule has 1 amide bonds. The smallest absolute Gasteiger partial charge is 0.331 e. The molecule has 1 N–H and O–H groups in total. The van der Waals surface area contributed by atoms with Crippen LogP contribution in [-0.2, 0) is 20.9 Å². The molecule has 0 atom stereocenters. The summed E-state index contributed by atoms with van der Waals surface area (Å²) in [5, 5.41) is 3.04. The molecule has 2 rings (SSSR count). The van der Waals surface area contributed by atoms with Crippen molar-refractivity contribution in [3.63, 3.8) is 0 Å². The minimum atomic E-state index is -0.639. The fourth-order valence-electron chi connectivity index (χ4n) is 2.34. The van der Waals surface area contributed by atoms with Gasteiger partial charge in [-0.15, -0.1) is 0 Å². The number of methoxy groups -OCH3 is 1. The molecule has 0 saturated carbocycles. The van der Waals surface area contributed by atoms with Gasteiger partial charge in [0.05, 0.1) is 18.7 Å². The van der Waals surface area contributed by atoms with Gasteiger partial charge in [0.2, 0.25) is 0 Å². The van der Waals surface area contributed by atoms with E-state index in [1.807, 2.05) is 37.3 Å². The summed E-state index contributed by atoms with van der Waals surface area (Å²) in [6.45, 7) is 2.30. The fourth-order valence-corrected chi connectivity index (χ4v) is 2.64. The molecule has 28 heavy (non-hydrogen) atoms. The Morgan fingerprint density at radius 1 is 1.18 bits per heavy atom. The van der Waals surface area contributed by atoms with E-state index >= 15 is 0 Å². The van der Waals surface area contributed by atoms with Gasteiger partial charge in [0.15, 0.2) is 18.1 Å². The van der Waals surface area contributed by atoms with E-state index < -0.39 is 5.97 Å². The Morgan fingerprint density at radius 2 is 1.93 bits per heavy atom. The van der Waals surface area contributed by atoms with Gasteiger partial charge in [0.1, 0.15) is 0 Å². The summed E-state index contributed by atoms with van der Waals surface area (Å²) in [4.78, 5) is 23.6. The molecule has 7 heteroatoms. The second-order valence-electron chi connectivity index (χ2n) is 5.67. The summed E-state index contributed by atoms with van der Waals surface area (Å²) in [5.41, 5.74) is 1.60.